The Bertz CT molecular complexity index is 629. The van der Waals surface area contributed by atoms with Crippen LogP contribution in [0.2, 0.25) is 0 Å². The minimum absolute atomic E-state index is 0.256. The fourth-order valence-electron chi connectivity index (χ4n) is 1.87. The highest BCUT2D eigenvalue weighted by molar-refractivity contribution is 5.95. The summed E-state index contributed by atoms with van der Waals surface area (Å²) in [7, 11) is 1.77. The van der Waals surface area contributed by atoms with Crippen molar-refractivity contribution in [3.8, 4) is 11.5 Å². The number of para-hydroxylation sites is 1. The smallest absolute Gasteiger partial charge is 0.252 e. The molecule has 20 heavy (non-hydrogen) atoms. The Balaban J connectivity index is 2.32. The van der Waals surface area contributed by atoms with E-state index < -0.39 is 11.7 Å². The van der Waals surface area contributed by atoms with Gasteiger partial charge < -0.3 is 15.8 Å². The van der Waals surface area contributed by atoms with Gasteiger partial charge in [-0.2, -0.15) is 0 Å². The second kappa shape index (κ2) is 6.16. The number of rotatable bonds is 5. The fraction of sp³-hybridized carbons (Fsp3) is 0.133. The monoisotopic (exact) mass is 274 g/mol. The predicted molar refractivity (Wildman–Crippen MR) is 74.2 cm³/mol. The second-order valence-corrected chi connectivity index (χ2v) is 4.29. The van der Waals surface area contributed by atoms with E-state index in [1.54, 1.807) is 37.4 Å². The Morgan fingerprint density at radius 1 is 1.30 bits per heavy atom. The van der Waals surface area contributed by atoms with Gasteiger partial charge in [-0.15, -0.1) is 0 Å². The molecular weight excluding hydrogens is 259 g/mol. The molecule has 0 bridgehead atoms. The van der Waals surface area contributed by atoms with Crippen molar-refractivity contribution in [1.82, 2.24) is 5.32 Å². The van der Waals surface area contributed by atoms with Gasteiger partial charge in [-0.25, -0.2) is 4.39 Å². The minimum Gasteiger partial charge on any atom is -0.456 e. The van der Waals surface area contributed by atoms with Gasteiger partial charge in [-0.1, -0.05) is 12.1 Å². The molecule has 0 spiro atoms. The number of hydrogen-bond donors (Lipinski definition) is 2. The normalized spacial score (nSPS) is 10.3. The summed E-state index contributed by atoms with van der Waals surface area (Å²) in [5, 5.41) is 2.94. The number of nitrogens with one attached hydrogen (secondary N) is 1. The fourth-order valence-corrected chi connectivity index (χ4v) is 1.87. The molecule has 0 aliphatic heterocycles. The maximum atomic E-state index is 13.5. The molecule has 0 radical (unpaired) electrons. The Kier molecular flexibility index (Phi) is 4.32. The van der Waals surface area contributed by atoms with Gasteiger partial charge in [0.1, 0.15) is 17.3 Å². The molecule has 0 aliphatic rings. The average Bonchev–Trinajstić information content (AvgIpc) is 2.38. The molecule has 0 unspecified atom stereocenters. The van der Waals surface area contributed by atoms with E-state index in [-0.39, 0.29) is 5.56 Å². The Hall–Kier alpha value is -2.40. The number of amides is 1. The van der Waals surface area contributed by atoms with E-state index in [2.05, 4.69) is 5.32 Å². The highest BCUT2D eigenvalue weighted by Gasteiger charge is 2.10. The molecule has 2 aromatic rings. The van der Waals surface area contributed by atoms with Crippen LogP contribution in [0.15, 0.2) is 42.5 Å². The van der Waals surface area contributed by atoms with Crippen LogP contribution in [-0.4, -0.2) is 13.0 Å². The molecule has 1 amide bonds. The first-order valence-corrected chi connectivity index (χ1v) is 6.11. The van der Waals surface area contributed by atoms with Crippen molar-refractivity contribution in [2.75, 3.05) is 7.05 Å². The lowest BCUT2D eigenvalue weighted by atomic mass is 10.2. The lowest BCUT2D eigenvalue weighted by Gasteiger charge is -2.10. The third-order valence-corrected chi connectivity index (χ3v) is 2.69. The molecule has 0 fully saturated rings. The van der Waals surface area contributed by atoms with Crippen molar-refractivity contribution >= 4 is 5.91 Å². The van der Waals surface area contributed by atoms with Crippen LogP contribution in [0.4, 0.5) is 4.39 Å². The number of carbonyl (C=O) groups is 1. The van der Waals surface area contributed by atoms with Gasteiger partial charge in [-0.3, -0.25) is 4.79 Å². The van der Waals surface area contributed by atoms with Crippen LogP contribution in [0.25, 0.3) is 0 Å². The van der Waals surface area contributed by atoms with Gasteiger partial charge >= 0.3 is 0 Å². The third kappa shape index (κ3) is 3.33. The zero-order valence-corrected chi connectivity index (χ0v) is 11.0. The number of ether oxygens (including phenoxy) is 1. The number of primary amides is 1. The molecule has 104 valence electrons. The van der Waals surface area contributed by atoms with Crippen molar-refractivity contribution in [2.45, 2.75) is 6.54 Å². The lowest BCUT2D eigenvalue weighted by molar-refractivity contribution is 0.0998. The zero-order chi connectivity index (χ0) is 14.5. The molecule has 0 saturated heterocycles. The molecule has 2 aromatic carbocycles. The molecule has 3 N–H and O–H groups in total. The summed E-state index contributed by atoms with van der Waals surface area (Å²) in [6, 6.07) is 11.0. The standard InChI is InChI=1S/C15H15FN2O2/c1-18-9-10-6-11(16)8-12(7-10)20-14-5-3-2-4-13(14)15(17)19/h2-8,18H,9H2,1H3,(H2,17,19). The summed E-state index contributed by atoms with van der Waals surface area (Å²) in [5.41, 5.74) is 6.28. The van der Waals surface area contributed by atoms with Crippen molar-refractivity contribution in [3.63, 3.8) is 0 Å². The Morgan fingerprint density at radius 3 is 2.75 bits per heavy atom. The van der Waals surface area contributed by atoms with Crippen LogP contribution >= 0.6 is 0 Å². The van der Waals surface area contributed by atoms with E-state index in [1.165, 1.54) is 12.1 Å². The van der Waals surface area contributed by atoms with E-state index in [0.717, 1.165) is 5.56 Å². The van der Waals surface area contributed by atoms with Crippen LogP contribution in [0.1, 0.15) is 15.9 Å². The molecule has 5 heteroatoms. The first-order chi connectivity index (χ1) is 9.60. The van der Waals surface area contributed by atoms with Crippen LogP contribution < -0.4 is 15.8 Å². The Labute approximate surface area is 116 Å². The van der Waals surface area contributed by atoms with E-state index in [4.69, 9.17) is 10.5 Å². The first kappa shape index (κ1) is 14.0. The summed E-state index contributed by atoms with van der Waals surface area (Å²) >= 11 is 0. The van der Waals surface area contributed by atoms with E-state index >= 15 is 0 Å². The maximum Gasteiger partial charge on any atom is 0.252 e. The third-order valence-electron chi connectivity index (χ3n) is 2.69. The average molecular weight is 274 g/mol. The van der Waals surface area contributed by atoms with Gasteiger partial charge in [-0.05, 0) is 36.9 Å². The summed E-state index contributed by atoms with van der Waals surface area (Å²) < 4.78 is 19.1. The van der Waals surface area contributed by atoms with Crippen LogP contribution in [0.5, 0.6) is 11.5 Å². The largest absolute Gasteiger partial charge is 0.456 e. The van der Waals surface area contributed by atoms with Gasteiger partial charge in [0.15, 0.2) is 0 Å². The van der Waals surface area contributed by atoms with Crippen LogP contribution in [0.3, 0.4) is 0 Å². The molecule has 0 heterocycles. The number of hydrogen-bond acceptors (Lipinski definition) is 3. The van der Waals surface area contributed by atoms with E-state index in [0.29, 0.717) is 18.0 Å². The quantitative estimate of drug-likeness (QED) is 0.880. The highest BCUT2D eigenvalue weighted by atomic mass is 19.1. The molecular formula is C15H15FN2O2. The number of nitrogens with two attached hydrogens (primary N) is 1. The van der Waals surface area contributed by atoms with E-state index in [1.807, 2.05) is 0 Å². The van der Waals surface area contributed by atoms with Gasteiger partial charge in [0.05, 0.1) is 5.56 Å². The maximum absolute atomic E-state index is 13.5. The first-order valence-electron chi connectivity index (χ1n) is 6.11. The lowest BCUT2D eigenvalue weighted by Crippen LogP contribution is -2.12. The number of benzene rings is 2. The van der Waals surface area contributed by atoms with Crippen molar-refractivity contribution in [3.05, 3.63) is 59.4 Å². The SMILES string of the molecule is CNCc1cc(F)cc(Oc2ccccc2C(N)=O)c1. The summed E-state index contributed by atoms with van der Waals surface area (Å²) in [5.74, 6) is -0.360. The summed E-state index contributed by atoms with van der Waals surface area (Å²) in [4.78, 5) is 11.3. The number of halogens is 1. The topological polar surface area (TPSA) is 64.3 Å². The molecule has 2 rings (SSSR count). The van der Waals surface area contributed by atoms with Crippen LogP contribution in [-0.2, 0) is 6.54 Å². The van der Waals surface area contributed by atoms with Crippen LogP contribution in [0, 0.1) is 5.82 Å². The highest BCUT2D eigenvalue weighted by Crippen LogP contribution is 2.26. The van der Waals surface area contributed by atoms with Crippen molar-refractivity contribution < 1.29 is 13.9 Å². The van der Waals surface area contributed by atoms with Crippen molar-refractivity contribution in [2.24, 2.45) is 5.73 Å². The minimum atomic E-state index is -0.590. The molecule has 4 nitrogen and oxygen atoms in total. The zero-order valence-electron chi connectivity index (χ0n) is 11.0. The number of carbonyl (C=O) groups excluding carboxylic acids is 1. The van der Waals surface area contributed by atoms with Crippen molar-refractivity contribution in [1.29, 1.82) is 0 Å². The molecule has 0 saturated carbocycles. The molecule has 0 aliphatic carbocycles. The summed E-state index contributed by atoms with van der Waals surface area (Å²) in [6.45, 7) is 0.519. The van der Waals surface area contributed by atoms with Gasteiger partial charge in [0.25, 0.3) is 5.91 Å². The molecule has 0 atom stereocenters. The van der Waals surface area contributed by atoms with Gasteiger partial charge in [0.2, 0.25) is 0 Å². The van der Waals surface area contributed by atoms with Gasteiger partial charge in [0, 0.05) is 12.6 Å². The molecule has 0 aromatic heterocycles. The second-order valence-electron chi connectivity index (χ2n) is 4.29. The van der Waals surface area contributed by atoms with E-state index in [9.17, 15) is 9.18 Å². The summed E-state index contributed by atoms with van der Waals surface area (Å²) in [6.07, 6.45) is 0. The predicted octanol–water partition coefficient (Wildman–Crippen LogP) is 2.44. The Morgan fingerprint density at radius 2 is 2.05 bits per heavy atom.